The Balaban J connectivity index is 0.00000101. The third-order valence-electron chi connectivity index (χ3n) is 5.95. The van der Waals surface area contributed by atoms with Crippen LogP contribution in [0.4, 0.5) is 0 Å². The number of halogens is 2. The number of phenolic OH excluding ortho intramolecular Hbond substituents is 1. The molecule has 5 heteroatoms. The molecule has 0 radical (unpaired) electrons. The van der Waals surface area contributed by atoms with E-state index < -0.39 is 20.8 Å². The van der Waals surface area contributed by atoms with Crippen molar-refractivity contribution < 1.29 is 26.0 Å². The van der Waals surface area contributed by atoms with Gasteiger partial charge in [0, 0.05) is 28.8 Å². The topological polar surface area (TPSA) is 32.6 Å². The van der Waals surface area contributed by atoms with E-state index in [1.54, 1.807) is 0 Å². The van der Waals surface area contributed by atoms with Crippen LogP contribution in [0.25, 0.3) is 0 Å². The van der Waals surface area contributed by atoms with Crippen molar-refractivity contribution in [3.8, 4) is 5.75 Å². The molecule has 0 atom stereocenters. The predicted molar refractivity (Wildman–Crippen MR) is 127 cm³/mol. The van der Waals surface area contributed by atoms with Crippen LogP contribution >= 0.6 is 17.0 Å². The summed E-state index contributed by atoms with van der Waals surface area (Å²) in [5.41, 5.74) is 3.91. The molecule has 2 aromatic rings. The van der Waals surface area contributed by atoms with Crippen molar-refractivity contribution in [3.05, 3.63) is 64.7 Å². The van der Waals surface area contributed by atoms with Gasteiger partial charge in [0.15, 0.2) is 0 Å². The van der Waals surface area contributed by atoms with E-state index in [0.29, 0.717) is 11.8 Å². The first-order valence-corrected chi connectivity index (χ1v) is 17.1. The van der Waals surface area contributed by atoms with E-state index in [9.17, 15) is 5.11 Å². The number of nitrogens with zero attached hydrogens (tertiary/aromatic N) is 1. The summed E-state index contributed by atoms with van der Waals surface area (Å²) in [6, 6.07) is 15.0. The van der Waals surface area contributed by atoms with Gasteiger partial charge in [0.1, 0.15) is 5.75 Å². The maximum atomic E-state index is 11.0. The van der Waals surface area contributed by atoms with Gasteiger partial charge in [-0.15, -0.1) is 0 Å². The summed E-state index contributed by atoms with van der Waals surface area (Å²) in [5, 5.41) is 11.0. The predicted octanol–water partition coefficient (Wildman–Crippen LogP) is 7.93. The zero-order valence-electron chi connectivity index (χ0n) is 18.3. The molecule has 0 saturated heterocycles. The number of rotatable bonds is 4. The summed E-state index contributed by atoms with van der Waals surface area (Å²) in [6.07, 6.45) is 10.8. The van der Waals surface area contributed by atoms with Crippen LogP contribution in [0, 0.1) is 6.92 Å². The Kier molecular flexibility index (Phi) is 11.1. The molecule has 0 bridgehead atoms. The molecule has 1 aliphatic rings. The van der Waals surface area contributed by atoms with E-state index in [1.807, 2.05) is 18.3 Å². The van der Waals surface area contributed by atoms with Gasteiger partial charge in [0.25, 0.3) is 0 Å². The van der Waals surface area contributed by atoms with Gasteiger partial charge in [0.2, 0.25) is 0 Å². The van der Waals surface area contributed by atoms with Crippen molar-refractivity contribution in [1.82, 2.24) is 0 Å². The Morgan fingerprint density at radius 1 is 1.00 bits per heavy atom. The molecule has 30 heavy (non-hydrogen) atoms. The molecule has 2 nitrogen and oxygen atoms in total. The van der Waals surface area contributed by atoms with Crippen LogP contribution in [0.1, 0.15) is 81.0 Å². The molecular formula is C25H33Cl2NOZr. The van der Waals surface area contributed by atoms with Gasteiger partial charge >= 0.3 is 37.9 Å². The molecule has 0 spiro atoms. The Hall–Kier alpha value is -0.627. The van der Waals surface area contributed by atoms with Crippen molar-refractivity contribution in [1.29, 1.82) is 0 Å². The fraction of sp³-hybridized carbons (Fsp3) is 0.480. The Morgan fingerprint density at radius 3 is 2.17 bits per heavy atom. The number of phenols is 1. The number of hydrogen-bond donors (Lipinski definition) is 1. The van der Waals surface area contributed by atoms with E-state index in [2.05, 4.69) is 51.1 Å². The summed E-state index contributed by atoms with van der Waals surface area (Å²) in [5.74, 6) is 0.365. The SMILES string of the molecule is Cc1cc(C=NC2CCCCCCC2)c(O)c(C(C)(C)c2ccccc2)c1.[Cl][Zr][Cl]. The van der Waals surface area contributed by atoms with E-state index in [0.717, 1.165) is 16.7 Å². The van der Waals surface area contributed by atoms with Crippen LogP contribution in [0.5, 0.6) is 5.75 Å². The molecule has 3 rings (SSSR count). The van der Waals surface area contributed by atoms with Crippen LogP contribution in [0.2, 0.25) is 0 Å². The van der Waals surface area contributed by atoms with Crippen LogP contribution in [-0.4, -0.2) is 17.4 Å². The number of aromatic hydroxyl groups is 1. The molecule has 1 fully saturated rings. The summed E-state index contributed by atoms with van der Waals surface area (Å²) >= 11 is -0.826. The fourth-order valence-electron chi connectivity index (χ4n) is 4.16. The second-order valence-corrected chi connectivity index (χ2v) is 12.3. The molecule has 0 amide bonds. The van der Waals surface area contributed by atoms with Crippen molar-refractivity contribution in [2.75, 3.05) is 0 Å². The van der Waals surface area contributed by atoms with E-state index in [-0.39, 0.29) is 5.41 Å². The van der Waals surface area contributed by atoms with Crippen LogP contribution < -0.4 is 0 Å². The molecule has 0 unspecified atom stereocenters. The molecule has 1 saturated carbocycles. The van der Waals surface area contributed by atoms with Gasteiger partial charge in [0.05, 0.1) is 0 Å². The average molecular weight is 526 g/mol. The zero-order valence-corrected chi connectivity index (χ0v) is 22.3. The van der Waals surface area contributed by atoms with Crippen LogP contribution in [0.15, 0.2) is 47.5 Å². The van der Waals surface area contributed by atoms with E-state index in [1.165, 1.54) is 50.5 Å². The van der Waals surface area contributed by atoms with Crippen LogP contribution in [-0.2, 0) is 26.3 Å². The Morgan fingerprint density at radius 2 is 1.57 bits per heavy atom. The Labute approximate surface area is 200 Å². The minimum atomic E-state index is -0.826. The third kappa shape index (κ3) is 7.50. The normalized spacial score (nSPS) is 15.8. The average Bonchev–Trinajstić information content (AvgIpc) is 2.70. The molecule has 0 aromatic heterocycles. The van der Waals surface area contributed by atoms with Gasteiger partial charge in [-0.2, -0.15) is 0 Å². The number of aliphatic imine (C=N–C) groups is 1. The summed E-state index contributed by atoms with van der Waals surface area (Å²) in [4.78, 5) is 4.87. The summed E-state index contributed by atoms with van der Waals surface area (Å²) in [6.45, 7) is 6.44. The standard InChI is InChI=1S/C25H33NO.2ClH.Zr/c1-19-16-20(18-26-22-14-10-5-4-6-11-15-22)24(27)23(17-19)25(2,3)21-12-8-7-9-13-21;;;/h7-9,12-13,16-18,22,27H,4-6,10-11,14-15H2,1-3H3;2*1H;/q;;;+2/p-2. The maximum absolute atomic E-state index is 11.0. The summed E-state index contributed by atoms with van der Waals surface area (Å²) in [7, 11) is 9.87. The van der Waals surface area contributed by atoms with Gasteiger partial charge in [-0.1, -0.05) is 82.3 Å². The summed E-state index contributed by atoms with van der Waals surface area (Å²) < 4.78 is 0. The number of hydrogen-bond acceptors (Lipinski definition) is 2. The molecule has 0 aliphatic heterocycles. The second-order valence-electron chi connectivity index (χ2n) is 8.59. The minimum absolute atomic E-state index is 0.264. The first kappa shape index (κ1) is 25.6. The monoisotopic (exact) mass is 523 g/mol. The van der Waals surface area contributed by atoms with Crippen molar-refractivity contribution in [3.63, 3.8) is 0 Å². The van der Waals surface area contributed by atoms with E-state index in [4.69, 9.17) is 22.0 Å². The second kappa shape index (κ2) is 13.0. The van der Waals surface area contributed by atoms with E-state index >= 15 is 0 Å². The Bertz CT molecular complexity index is 800. The van der Waals surface area contributed by atoms with Gasteiger partial charge in [-0.3, -0.25) is 4.99 Å². The molecule has 0 heterocycles. The first-order valence-electron chi connectivity index (χ1n) is 10.8. The molecule has 1 aliphatic carbocycles. The quantitative estimate of drug-likeness (QED) is 0.404. The third-order valence-corrected chi connectivity index (χ3v) is 5.95. The first-order chi connectivity index (χ1) is 14.4. The molecule has 1 N–H and O–H groups in total. The molecular weight excluding hydrogens is 492 g/mol. The van der Waals surface area contributed by atoms with Gasteiger partial charge in [-0.25, -0.2) is 0 Å². The fourth-order valence-corrected chi connectivity index (χ4v) is 4.16. The molecule has 162 valence electrons. The number of benzene rings is 2. The van der Waals surface area contributed by atoms with Crippen LogP contribution in [0.3, 0.4) is 0 Å². The van der Waals surface area contributed by atoms with Gasteiger partial charge in [-0.05, 0) is 37.0 Å². The van der Waals surface area contributed by atoms with Crippen molar-refractivity contribution >= 4 is 23.2 Å². The number of aryl methyl sites for hydroxylation is 1. The van der Waals surface area contributed by atoms with Crippen molar-refractivity contribution in [2.45, 2.75) is 77.2 Å². The zero-order chi connectivity index (χ0) is 22.0. The van der Waals surface area contributed by atoms with Crippen molar-refractivity contribution in [2.24, 2.45) is 4.99 Å². The van der Waals surface area contributed by atoms with Gasteiger partial charge < -0.3 is 5.11 Å². The molecule has 2 aromatic carbocycles.